The Kier molecular flexibility index (Phi) is 112. The minimum absolute atomic E-state index is 0. The number of rotatable bonds is 0. The van der Waals surface area contributed by atoms with Gasteiger partial charge in [-0.1, -0.05) is 0 Å². The van der Waals surface area contributed by atoms with E-state index in [2.05, 4.69) is 12.2 Å². The summed E-state index contributed by atoms with van der Waals surface area (Å²) in [4.78, 5) is 2.00. The monoisotopic (exact) mass is 247 g/mol. The first-order valence-electron chi connectivity index (χ1n) is 3.06. The molecular formula is C13H29NTi-6. The van der Waals surface area contributed by atoms with Crippen LogP contribution in [0.25, 0.3) is 0 Å². The third-order valence-electron chi connectivity index (χ3n) is 0.586. The third kappa shape index (κ3) is 78.7. The Balaban J connectivity index is -0.0000000124. The van der Waals surface area contributed by atoms with E-state index < -0.39 is 0 Å². The molecule has 0 bridgehead atoms. The summed E-state index contributed by atoms with van der Waals surface area (Å²) in [7, 11) is 6.00. The van der Waals surface area contributed by atoms with E-state index in [1.54, 1.807) is 0 Å². The van der Waals surface area contributed by atoms with Gasteiger partial charge in [0.25, 0.3) is 0 Å². The summed E-state index contributed by atoms with van der Waals surface area (Å²) < 4.78 is 0. The van der Waals surface area contributed by atoms with E-state index in [1.165, 1.54) is 0 Å². The second-order valence-corrected chi connectivity index (χ2v) is 2.34. The predicted octanol–water partition coefficient (Wildman–Crippen LogP) is 3.73. The molecule has 0 unspecified atom stereocenters. The molecule has 0 aromatic carbocycles. The van der Waals surface area contributed by atoms with Crippen LogP contribution in [-0.2, 0) is 21.7 Å². The Labute approximate surface area is 116 Å². The van der Waals surface area contributed by atoms with Crippen molar-refractivity contribution in [2.45, 2.75) is 6.42 Å². The van der Waals surface area contributed by atoms with Crippen LogP contribution in [0, 0.1) is 43.2 Å². The molecule has 1 aliphatic rings. The van der Waals surface area contributed by atoms with Crippen molar-refractivity contribution in [2.75, 3.05) is 21.1 Å². The SMILES string of the molecule is CN(C)C.[C-]1=CC=CC1.[CH3-].[CH3-].[CH3-].[CH3-].[CH3-].[Ti]. The van der Waals surface area contributed by atoms with Gasteiger partial charge in [0, 0.05) is 21.7 Å². The first-order valence-corrected chi connectivity index (χ1v) is 3.06. The fraction of sp³-hybridized carbons (Fsp3) is 0.308. The smallest absolute Gasteiger partial charge is 0 e. The van der Waals surface area contributed by atoms with Gasteiger partial charge in [-0.25, -0.2) is 12.2 Å². The first-order chi connectivity index (χ1) is 4.23. The van der Waals surface area contributed by atoms with Gasteiger partial charge in [0.1, 0.15) is 0 Å². The zero-order valence-electron chi connectivity index (χ0n) is 11.9. The molecule has 0 amide bonds. The average Bonchev–Trinajstić information content (AvgIpc) is 2.11. The molecule has 15 heavy (non-hydrogen) atoms. The van der Waals surface area contributed by atoms with Crippen LogP contribution in [0.4, 0.5) is 0 Å². The van der Waals surface area contributed by atoms with Gasteiger partial charge in [0.2, 0.25) is 0 Å². The quantitative estimate of drug-likeness (QED) is 0.465. The summed E-state index contributed by atoms with van der Waals surface area (Å²) in [6.07, 6.45) is 10.0. The summed E-state index contributed by atoms with van der Waals surface area (Å²) in [5.41, 5.74) is 0. The Hall–Kier alpha value is 0.154. The minimum atomic E-state index is 0. The van der Waals surface area contributed by atoms with Crippen LogP contribution in [0.1, 0.15) is 6.42 Å². The van der Waals surface area contributed by atoms with E-state index in [0.717, 1.165) is 6.42 Å². The van der Waals surface area contributed by atoms with E-state index in [0.29, 0.717) is 0 Å². The fourth-order valence-electron chi connectivity index (χ4n) is 0.340. The number of hydrogen-bond acceptors (Lipinski definition) is 1. The van der Waals surface area contributed by atoms with Crippen molar-refractivity contribution in [3.05, 3.63) is 61.4 Å². The minimum Gasteiger partial charge on any atom is -0.358 e. The van der Waals surface area contributed by atoms with Crippen molar-refractivity contribution in [3.63, 3.8) is 0 Å². The van der Waals surface area contributed by atoms with Crippen LogP contribution in [0.15, 0.2) is 18.2 Å². The molecule has 1 nitrogen and oxygen atoms in total. The summed E-state index contributed by atoms with van der Waals surface area (Å²) in [6.45, 7) is 0. The zero-order valence-corrected chi connectivity index (χ0v) is 13.4. The van der Waals surface area contributed by atoms with Crippen LogP contribution in [0.3, 0.4) is 0 Å². The molecule has 0 radical (unpaired) electrons. The molecule has 96 valence electrons. The van der Waals surface area contributed by atoms with E-state index in [4.69, 9.17) is 0 Å². The normalized spacial score (nSPS) is 8.27. The molecule has 2 heteroatoms. The Morgan fingerprint density at radius 2 is 1.27 bits per heavy atom. The fourth-order valence-corrected chi connectivity index (χ4v) is 0.340. The average molecular weight is 247 g/mol. The van der Waals surface area contributed by atoms with Gasteiger partial charge in [-0.05, 0) is 21.1 Å². The number of nitrogens with zero attached hydrogens (tertiary/aromatic N) is 1. The Morgan fingerprint density at radius 1 is 0.933 bits per heavy atom. The molecule has 0 heterocycles. The van der Waals surface area contributed by atoms with Crippen molar-refractivity contribution in [1.29, 1.82) is 0 Å². The van der Waals surface area contributed by atoms with Crippen molar-refractivity contribution in [3.8, 4) is 0 Å². The van der Waals surface area contributed by atoms with E-state index in [1.807, 2.05) is 38.2 Å². The predicted molar refractivity (Wildman–Crippen MR) is 73.3 cm³/mol. The first kappa shape index (κ1) is 45.7. The molecule has 0 aliphatic heterocycles. The van der Waals surface area contributed by atoms with Crippen LogP contribution in [-0.4, -0.2) is 26.0 Å². The maximum atomic E-state index is 2.99. The number of hydrogen-bond donors (Lipinski definition) is 0. The molecular weight excluding hydrogens is 218 g/mol. The third-order valence-corrected chi connectivity index (χ3v) is 0.586. The standard InChI is InChI=1S/C5H5.C3H9N.5CH3.Ti/c1-2-4-5-3-1;1-4(2)3;;;;;;/h1-3H,4H2;1-3H3;5*1H3;/q-1;;5*-1;. The van der Waals surface area contributed by atoms with Gasteiger partial charge in [-0.3, -0.25) is 6.08 Å². The van der Waals surface area contributed by atoms with Gasteiger partial charge in [0.05, 0.1) is 0 Å². The van der Waals surface area contributed by atoms with Crippen molar-refractivity contribution in [2.24, 2.45) is 0 Å². The molecule has 0 atom stereocenters. The maximum absolute atomic E-state index is 2.99. The van der Waals surface area contributed by atoms with Crippen LogP contribution >= 0.6 is 0 Å². The van der Waals surface area contributed by atoms with Crippen molar-refractivity contribution >= 4 is 0 Å². The molecule has 0 aromatic rings. The van der Waals surface area contributed by atoms with E-state index in [9.17, 15) is 0 Å². The van der Waals surface area contributed by atoms with E-state index in [-0.39, 0.29) is 58.9 Å². The molecule has 1 rings (SSSR count). The largest absolute Gasteiger partial charge is 0.358 e. The maximum Gasteiger partial charge on any atom is 0 e. The van der Waals surface area contributed by atoms with Crippen LogP contribution in [0.2, 0.25) is 0 Å². The molecule has 0 fully saturated rings. The van der Waals surface area contributed by atoms with Crippen molar-refractivity contribution in [1.82, 2.24) is 4.90 Å². The summed E-state index contributed by atoms with van der Waals surface area (Å²) >= 11 is 0. The molecule has 0 spiro atoms. The molecule has 1 aliphatic carbocycles. The second-order valence-electron chi connectivity index (χ2n) is 2.34. The summed E-state index contributed by atoms with van der Waals surface area (Å²) in [5.74, 6) is 0. The van der Waals surface area contributed by atoms with Gasteiger partial charge < -0.3 is 42.0 Å². The molecule has 0 saturated heterocycles. The molecule has 0 N–H and O–H groups in total. The number of allylic oxidation sites excluding steroid dienone is 4. The van der Waals surface area contributed by atoms with Crippen molar-refractivity contribution < 1.29 is 21.7 Å². The topological polar surface area (TPSA) is 3.24 Å². The second kappa shape index (κ2) is 36.8. The van der Waals surface area contributed by atoms with Gasteiger partial charge in [0.15, 0.2) is 0 Å². The molecule has 0 aromatic heterocycles. The van der Waals surface area contributed by atoms with Crippen LogP contribution < -0.4 is 0 Å². The zero-order chi connectivity index (χ0) is 7.11. The summed E-state index contributed by atoms with van der Waals surface area (Å²) in [6, 6.07) is 0. The molecule has 0 saturated carbocycles. The summed E-state index contributed by atoms with van der Waals surface area (Å²) in [5, 5.41) is 0. The Bertz CT molecular complexity index is 94.3. The van der Waals surface area contributed by atoms with Crippen LogP contribution in [0.5, 0.6) is 0 Å². The van der Waals surface area contributed by atoms with E-state index >= 15 is 0 Å². The van der Waals surface area contributed by atoms with Gasteiger partial charge in [-0.2, -0.15) is 6.08 Å². The van der Waals surface area contributed by atoms with Gasteiger partial charge >= 0.3 is 0 Å². The Morgan fingerprint density at radius 3 is 1.33 bits per heavy atom. The van der Waals surface area contributed by atoms with Gasteiger partial charge in [-0.15, -0.1) is 6.42 Å².